The smallest absolute Gasteiger partial charge is 0.323 e. The third-order valence-corrected chi connectivity index (χ3v) is 8.50. The topological polar surface area (TPSA) is 125 Å². The number of hydrogen-bond donors (Lipinski definition) is 3. The second-order valence-electron chi connectivity index (χ2n) is 8.44. The van der Waals surface area contributed by atoms with E-state index in [2.05, 4.69) is 10.6 Å². The molecular weight excluding hydrogens is 556 g/mol. The van der Waals surface area contributed by atoms with Crippen LogP contribution >= 0.6 is 23.2 Å². The first kappa shape index (κ1) is 27.8. The Morgan fingerprint density at radius 3 is 2.37 bits per heavy atom. The fourth-order valence-electron chi connectivity index (χ4n) is 3.99. The number of nitrogens with zero attached hydrogens (tertiary/aromatic N) is 2. The summed E-state index contributed by atoms with van der Waals surface area (Å²) in [6.45, 7) is 0.170. The maximum atomic E-state index is 13.6. The summed E-state index contributed by atoms with van der Waals surface area (Å²) in [5.41, 5.74) is 7.58. The molecule has 1 fully saturated rings. The Kier molecular flexibility index (Phi) is 8.54. The molecule has 0 aromatic heterocycles. The first-order valence-electron chi connectivity index (χ1n) is 11.5. The van der Waals surface area contributed by atoms with Crippen LogP contribution in [0.2, 0.25) is 10.0 Å². The standard InChI is InChI=1S/C25H24Cl2FN5O4S/c26-21-9-8-20(13-22(21)27)38(36,37)33-11-10-32(25(35)31-19-6-4-18(28)5-7-19)24(33)23(34)30-15-17-3-1-2-16(12-17)14-29/h1-9,12-13,24H,10-11,14-15,29H2,(H,30,34)(H,31,35). The summed E-state index contributed by atoms with van der Waals surface area (Å²) in [6, 6.07) is 15.4. The molecule has 4 rings (SSSR count). The molecule has 1 heterocycles. The Morgan fingerprint density at radius 1 is 0.974 bits per heavy atom. The highest BCUT2D eigenvalue weighted by molar-refractivity contribution is 7.89. The maximum Gasteiger partial charge on any atom is 0.323 e. The second-order valence-corrected chi connectivity index (χ2v) is 11.1. The van der Waals surface area contributed by atoms with Gasteiger partial charge >= 0.3 is 6.03 Å². The van der Waals surface area contributed by atoms with Crippen LogP contribution in [0.1, 0.15) is 11.1 Å². The van der Waals surface area contributed by atoms with Gasteiger partial charge in [-0.15, -0.1) is 0 Å². The molecule has 0 aliphatic carbocycles. The second kappa shape index (κ2) is 11.7. The molecule has 0 bridgehead atoms. The van der Waals surface area contributed by atoms with Gasteiger partial charge in [0.1, 0.15) is 5.82 Å². The van der Waals surface area contributed by atoms with Crippen LogP contribution in [-0.4, -0.2) is 48.8 Å². The van der Waals surface area contributed by atoms with Crippen molar-refractivity contribution in [2.24, 2.45) is 5.73 Å². The van der Waals surface area contributed by atoms with E-state index in [1.54, 1.807) is 12.1 Å². The van der Waals surface area contributed by atoms with Gasteiger partial charge in [-0.05, 0) is 53.6 Å². The van der Waals surface area contributed by atoms with Crippen molar-refractivity contribution in [3.8, 4) is 0 Å². The minimum Gasteiger partial charge on any atom is -0.349 e. The highest BCUT2D eigenvalue weighted by atomic mass is 35.5. The van der Waals surface area contributed by atoms with Gasteiger partial charge in [0, 0.05) is 31.9 Å². The number of carbonyl (C=O) groups is 2. The number of halogens is 3. The fraction of sp³-hybridized carbons (Fsp3) is 0.200. The van der Waals surface area contributed by atoms with Crippen molar-refractivity contribution in [2.75, 3.05) is 18.4 Å². The van der Waals surface area contributed by atoms with Crippen LogP contribution in [0.5, 0.6) is 0 Å². The van der Waals surface area contributed by atoms with Crippen LogP contribution < -0.4 is 16.4 Å². The fourth-order valence-corrected chi connectivity index (χ4v) is 5.93. The van der Waals surface area contributed by atoms with Crippen molar-refractivity contribution in [1.29, 1.82) is 0 Å². The maximum absolute atomic E-state index is 13.6. The Bertz CT molecular complexity index is 1460. The van der Waals surface area contributed by atoms with E-state index < -0.39 is 33.9 Å². The van der Waals surface area contributed by atoms with Crippen LogP contribution in [0.3, 0.4) is 0 Å². The van der Waals surface area contributed by atoms with Gasteiger partial charge in [-0.1, -0.05) is 47.5 Å². The lowest BCUT2D eigenvalue weighted by atomic mass is 10.1. The zero-order chi connectivity index (χ0) is 27.4. The lowest BCUT2D eigenvalue weighted by Crippen LogP contribution is -2.54. The van der Waals surface area contributed by atoms with E-state index in [0.717, 1.165) is 20.3 Å². The molecule has 0 saturated carbocycles. The molecule has 1 unspecified atom stereocenters. The molecule has 13 heteroatoms. The summed E-state index contributed by atoms with van der Waals surface area (Å²) in [6.07, 6.45) is -1.51. The third kappa shape index (κ3) is 6.08. The normalized spacial score (nSPS) is 15.9. The van der Waals surface area contributed by atoms with Gasteiger partial charge in [-0.3, -0.25) is 9.69 Å². The Hall–Kier alpha value is -3.22. The molecular formula is C25H24Cl2FN5O4S. The van der Waals surface area contributed by atoms with Gasteiger partial charge in [0.25, 0.3) is 5.91 Å². The quantitative estimate of drug-likeness (QED) is 0.393. The van der Waals surface area contributed by atoms with Crippen molar-refractivity contribution < 1.29 is 22.4 Å². The number of anilines is 1. The summed E-state index contributed by atoms with van der Waals surface area (Å²) in [4.78, 5) is 27.5. The van der Waals surface area contributed by atoms with E-state index in [4.69, 9.17) is 28.9 Å². The average molecular weight is 580 g/mol. The number of benzene rings is 3. The number of sulfonamides is 1. The predicted molar refractivity (Wildman–Crippen MR) is 142 cm³/mol. The van der Waals surface area contributed by atoms with Gasteiger partial charge in [-0.2, -0.15) is 4.31 Å². The molecule has 9 nitrogen and oxygen atoms in total. The monoisotopic (exact) mass is 579 g/mol. The van der Waals surface area contributed by atoms with Crippen molar-refractivity contribution in [3.63, 3.8) is 0 Å². The lowest BCUT2D eigenvalue weighted by Gasteiger charge is -2.29. The summed E-state index contributed by atoms with van der Waals surface area (Å²) in [5.74, 6) is -1.20. The van der Waals surface area contributed by atoms with Gasteiger partial charge < -0.3 is 16.4 Å². The van der Waals surface area contributed by atoms with E-state index in [1.165, 1.54) is 42.5 Å². The van der Waals surface area contributed by atoms with E-state index in [1.807, 2.05) is 12.1 Å². The Morgan fingerprint density at radius 2 is 1.68 bits per heavy atom. The Labute approximate surface area is 229 Å². The van der Waals surface area contributed by atoms with Gasteiger partial charge in [0.05, 0.1) is 14.9 Å². The van der Waals surface area contributed by atoms with Crippen molar-refractivity contribution >= 4 is 50.9 Å². The highest BCUT2D eigenvalue weighted by Gasteiger charge is 2.46. The predicted octanol–water partition coefficient (Wildman–Crippen LogP) is 3.77. The minimum absolute atomic E-state index is 0.0265. The van der Waals surface area contributed by atoms with E-state index in [-0.39, 0.29) is 40.3 Å². The summed E-state index contributed by atoms with van der Waals surface area (Å²) < 4.78 is 41.4. The number of amides is 3. The molecule has 1 atom stereocenters. The van der Waals surface area contributed by atoms with Gasteiger partial charge in [0.2, 0.25) is 10.0 Å². The van der Waals surface area contributed by atoms with Crippen molar-refractivity contribution in [1.82, 2.24) is 14.5 Å². The minimum atomic E-state index is -4.27. The van der Waals surface area contributed by atoms with Crippen LogP contribution in [0, 0.1) is 5.82 Å². The molecule has 1 aliphatic rings. The van der Waals surface area contributed by atoms with Crippen LogP contribution in [0.15, 0.2) is 71.6 Å². The first-order valence-corrected chi connectivity index (χ1v) is 13.7. The molecule has 1 saturated heterocycles. The number of nitrogens with one attached hydrogen (secondary N) is 2. The average Bonchev–Trinajstić information content (AvgIpc) is 3.37. The van der Waals surface area contributed by atoms with Crippen molar-refractivity contribution in [2.45, 2.75) is 24.2 Å². The molecule has 1 aliphatic heterocycles. The summed E-state index contributed by atoms with van der Waals surface area (Å²) in [5, 5.41) is 5.49. The lowest BCUT2D eigenvalue weighted by molar-refractivity contribution is -0.127. The number of nitrogens with two attached hydrogens (primary N) is 1. The first-order chi connectivity index (χ1) is 18.1. The molecule has 0 spiro atoms. The summed E-state index contributed by atoms with van der Waals surface area (Å²) in [7, 11) is -4.27. The van der Waals surface area contributed by atoms with E-state index in [9.17, 15) is 22.4 Å². The third-order valence-electron chi connectivity index (χ3n) is 5.91. The van der Waals surface area contributed by atoms with Crippen LogP contribution in [0.25, 0.3) is 0 Å². The highest BCUT2D eigenvalue weighted by Crippen LogP contribution is 2.30. The van der Waals surface area contributed by atoms with Gasteiger partial charge in [0.15, 0.2) is 6.17 Å². The zero-order valence-electron chi connectivity index (χ0n) is 19.9. The zero-order valence-corrected chi connectivity index (χ0v) is 22.2. The van der Waals surface area contributed by atoms with E-state index >= 15 is 0 Å². The van der Waals surface area contributed by atoms with Gasteiger partial charge in [-0.25, -0.2) is 17.6 Å². The largest absolute Gasteiger partial charge is 0.349 e. The molecule has 4 N–H and O–H groups in total. The van der Waals surface area contributed by atoms with Crippen LogP contribution in [-0.2, 0) is 27.9 Å². The van der Waals surface area contributed by atoms with E-state index in [0.29, 0.717) is 6.54 Å². The number of urea groups is 1. The number of carbonyl (C=O) groups excluding carboxylic acids is 2. The van der Waals surface area contributed by atoms with Crippen LogP contribution in [0.4, 0.5) is 14.9 Å². The number of hydrogen-bond acceptors (Lipinski definition) is 5. The molecule has 3 amide bonds. The molecule has 200 valence electrons. The summed E-state index contributed by atoms with van der Waals surface area (Å²) >= 11 is 12.0. The van der Waals surface area contributed by atoms with Crippen molar-refractivity contribution in [3.05, 3.63) is 93.7 Å². The molecule has 0 radical (unpaired) electrons. The molecule has 3 aromatic carbocycles. The number of rotatable bonds is 7. The molecule has 38 heavy (non-hydrogen) atoms. The SMILES string of the molecule is NCc1cccc(CNC(=O)C2N(C(=O)Nc3ccc(F)cc3)CCN2S(=O)(=O)c2ccc(Cl)c(Cl)c2)c1. The molecule has 3 aromatic rings. The Balaban J connectivity index is 1.62.